The fraction of sp³-hybridized carbons (Fsp3) is 0.905. The Morgan fingerprint density at radius 2 is 1.67 bits per heavy atom. The molecular formula is C21H40N2O7. The number of ether oxygens (including phenoxy) is 3. The quantitative estimate of drug-likeness (QED) is 0.403. The number of hydrogen-bond acceptors (Lipinski definition) is 9. The molecule has 2 fully saturated rings. The van der Waals surface area contributed by atoms with Gasteiger partial charge < -0.3 is 24.4 Å². The summed E-state index contributed by atoms with van der Waals surface area (Å²) in [7, 11) is 3.32. The Hall–Kier alpha value is -0.940. The highest BCUT2D eigenvalue weighted by molar-refractivity contribution is 5.82. The molecule has 0 bridgehead atoms. The fourth-order valence-electron chi connectivity index (χ4n) is 4.01. The van der Waals surface area contributed by atoms with Crippen molar-refractivity contribution in [1.29, 1.82) is 0 Å². The van der Waals surface area contributed by atoms with E-state index >= 15 is 0 Å². The summed E-state index contributed by atoms with van der Waals surface area (Å²) in [4.78, 5) is 26.6. The number of aliphatic hydroxyl groups is 2. The van der Waals surface area contributed by atoms with E-state index in [9.17, 15) is 14.7 Å². The molecule has 0 amide bonds. The molecule has 0 aromatic carbocycles. The number of carbonyl (C=O) groups is 2. The van der Waals surface area contributed by atoms with E-state index in [1.807, 2.05) is 4.90 Å². The highest BCUT2D eigenvalue weighted by Gasteiger charge is 2.32. The Balaban J connectivity index is 0.000000311. The van der Waals surface area contributed by atoms with Gasteiger partial charge in [-0.25, -0.2) is 0 Å². The Bertz CT molecular complexity index is 506. The van der Waals surface area contributed by atoms with Crippen LogP contribution in [0, 0.1) is 0 Å². The summed E-state index contributed by atoms with van der Waals surface area (Å²) in [6.07, 6.45) is 3.24. The zero-order valence-electron chi connectivity index (χ0n) is 18.9. The molecule has 176 valence electrons. The summed E-state index contributed by atoms with van der Waals surface area (Å²) in [5.74, 6) is 0.0514. The predicted octanol–water partition coefficient (Wildman–Crippen LogP) is -0.279. The number of rotatable bonds is 12. The second-order valence-electron chi connectivity index (χ2n) is 7.86. The molecule has 0 radical (unpaired) electrons. The highest BCUT2D eigenvalue weighted by atomic mass is 16.5. The van der Waals surface area contributed by atoms with Crippen LogP contribution in [-0.2, 0) is 23.8 Å². The van der Waals surface area contributed by atoms with E-state index in [-0.39, 0.29) is 49.0 Å². The average Bonchev–Trinajstić information content (AvgIpc) is 3.36. The van der Waals surface area contributed by atoms with E-state index in [0.717, 1.165) is 38.9 Å². The molecule has 0 spiro atoms. The standard InChI is InChI=1S/C12H23NO4.C9H17NO3/c1-10(15)12(8-14)13-5-3-4-11(13)9-17-7-6-16-2;1-7(12)9(6-11)10-4-3-8(5-10)13-2/h11-12,14H,3-9H2,1-2H3;8-9,11H,3-6H2,1-2H3/t11?,12-;8?,9-/m01/s1. The van der Waals surface area contributed by atoms with Gasteiger partial charge in [0.2, 0.25) is 0 Å². The fourth-order valence-corrected chi connectivity index (χ4v) is 4.01. The van der Waals surface area contributed by atoms with Crippen LogP contribution in [-0.4, -0.2) is 123 Å². The summed E-state index contributed by atoms with van der Waals surface area (Å²) in [5.41, 5.74) is 0. The number of hydrogen-bond donors (Lipinski definition) is 2. The van der Waals surface area contributed by atoms with Gasteiger partial charge in [-0.2, -0.15) is 0 Å². The van der Waals surface area contributed by atoms with Gasteiger partial charge in [-0.1, -0.05) is 0 Å². The minimum atomic E-state index is -0.367. The van der Waals surface area contributed by atoms with Crippen LogP contribution in [0.4, 0.5) is 0 Å². The molecule has 2 unspecified atom stereocenters. The zero-order valence-corrected chi connectivity index (χ0v) is 18.9. The van der Waals surface area contributed by atoms with Gasteiger partial charge in [0.05, 0.1) is 51.2 Å². The van der Waals surface area contributed by atoms with Crippen LogP contribution in [0.15, 0.2) is 0 Å². The number of ketones is 2. The summed E-state index contributed by atoms with van der Waals surface area (Å²) in [6.45, 7) is 7.06. The van der Waals surface area contributed by atoms with Crippen molar-refractivity contribution in [1.82, 2.24) is 9.80 Å². The molecule has 0 saturated carbocycles. The van der Waals surface area contributed by atoms with Crippen molar-refractivity contribution in [3.05, 3.63) is 0 Å². The topological polar surface area (TPSA) is 109 Å². The van der Waals surface area contributed by atoms with Crippen LogP contribution >= 0.6 is 0 Å². The maximum atomic E-state index is 11.4. The molecule has 30 heavy (non-hydrogen) atoms. The molecule has 4 atom stereocenters. The normalized spacial score (nSPS) is 24.3. The van der Waals surface area contributed by atoms with Crippen LogP contribution in [0.25, 0.3) is 0 Å². The van der Waals surface area contributed by atoms with E-state index < -0.39 is 0 Å². The van der Waals surface area contributed by atoms with Gasteiger partial charge >= 0.3 is 0 Å². The van der Waals surface area contributed by atoms with Crippen molar-refractivity contribution in [3.63, 3.8) is 0 Å². The molecule has 2 aliphatic rings. The third-order valence-electron chi connectivity index (χ3n) is 5.80. The molecule has 2 heterocycles. The van der Waals surface area contributed by atoms with E-state index in [1.54, 1.807) is 14.2 Å². The smallest absolute Gasteiger partial charge is 0.149 e. The lowest BCUT2D eigenvalue weighted by Gasteiger charge is -2.30. The van der Waals surface area contributed by atoms with Gasteiger partial charge in [0.1, 0.15) is 11.6 Å². The first-order valence-corrected chi connectivity index (χ1v) is 10.7. The Labute approximate surface area is 180 Å². The lowest BCUT2D eigenvalue weighted by molar-refractivity contribution is -0.125. The van der Waals surface area contributed by atoms with Crippen LogP contribution < -0.4 is 0 Å². The first-order valence-electron chi connectivity index (χ1n) is 10.7. The van der Waals surface area contributed by atoms with Gasteiger partial charge in [-0.05, 0) is 39.7 Å². The van der Waals surface area contributed by atoms with Gasteiger partial charge in [0.15, 0.2) is 0 Å². The maximum absolute atomic E-state index is 11.4. The lowest BCUT2D eigenvalue weighted by atomic mass is 10.1. The molecule has 2 saturated heterocycles. The average molecular weight is 433 g/mol. The Morgan fingerprint density at radius 1 is 1.00 bits per heavy atom. The third kappa shape index (κ3) is 8.66. The van der Waals surface area contributed by atoms with E-state index in [1.165, 1.54) is 13.8 Å². The van der Waals surface area contributed by atoms with Gasteiger partial charge in [0.25, 0.3) is 0 Å². The SMILES string of the molecule is COC1CCN([C@H](CO)C(C)=O)C1.COCCOCC1CCCN1[C@@H](CO)C(C)=O. The molecule has 9 nitrogen and oxygen atoms in total. The van der Waals surface area contributed by atoms with Crippen LogP contribution in [0.5, 0.6) is 0 Å². The van der Waals surface area contributed by atoms with Crippen molar-refractivity contribution in [2.75, 3.05) is 66.9 Å². The third-order valence-corrected chi connectivity index (χ3v) is 5.80. The van der Waals surface area contributed by atoms with Crippen molar-refractivity contribution in [3.8, 4) is 0 Å². The second kappa shape index (κ2) is 15.0. The van der Waals surface area contributed by atoms with E-state index in [2.05, 4.69) is 4.90 Å². The molecule has 2 aliphatic heterocycles. The monoisotopic (exact) mass is 432 g/mol. The second-order valence-corrected chi connectivity index (χ2v) is 7.86. The van der Waals surface area contributed by atoms with Crippen LogP contribution in [0.3, 0.4) is 0 Å². The number of carbonyl (C=O) groups excluding carboxylic acids is 2. The van der Waals surface area contributed by atoms with Crippen molar-refractivity contribution >= 4 is 11.6 Å². The summed E-state index contributed by atoms with van der Waals surface area (Å²) >= 11 is 0. The highest BCUT2D eigenvalue weighted by Crippen LogP contribution is 2.21. The lowest BCUT2D eigenvalue weighted by Crippen LogP contribution is -2.47. The molecule has 0 aromatic heterocycles. The van der Waals surface area contributed by atoms with Crippen molar-refractivity contribution < 1.29 is 34.0 Å². The van der Waals surface area contributed by atoms with E-state index in [4.69, 9.17) is 19.3 Å². The number of nitrogens with zero attached hydrogens (tertiary/aromatic N) is 2. The summed E-state index contributed by atoms with van der Waals surface area (Å²) < 4.78 is 15.6. The molecule has 0 aliphatic carbocycles. The molecular weight excluding hydrogens is 392 g/mol. The molecule has 2 rings (SSSR count). The van der Waals surface area contributed by atoms with Crippen LogP contribution in [0.2, 0.25) is 0 Å². The van der Waals surface area contributed by atoms with Crippen LogP contribution in [0.1, 0.15) is 33.1 Å². The van der Waals surface area contributed by atoms with Gasteiger partial charge in [-0.3, -0.25) is 19.4 Å². The number of likely N-dealkylation sites (tertiary alicyclic amines) is 2. The minimum absolute atomic E-state index is 0.0243. The largest absolute Gasteiger partial charge is 0.394 e. The molecule has 9 heteroatoms. The Morgan fingerprint density at radius 3 is 2.17 bits per heavy atom. The number of aliphatic hydroxyl groups excluding tert-OH is 2. The van der Waals surface area contributed by atoms with Gasteiger partial charge in [-0.15, -0.1) is 0 Å². The Kier molecular flexibility index (Phi) is 13.5. The van der Waals surface area contributed by atoms with Crippen molar-refractivity contribution in [2.24, 2.45) is 0 Å². The first-order chi connectivity index (χ1) is 14.4. The molecule has 2 N–H and O–H groups in total. The number of Topliss-reactive ketones (excluding diaryl/α,β-unsaturated/α-hetero) is 2. The first kappa shape index (κ1) is 27.1. The van der Waals surface area contributed by atoms with E-state index in [0.29, 0.717) is 19.8 Å². The predicted molar refractivity (Wildman–Crippen MR) is 113 cm³/mol. The van der Waals surface area contributed by atoms with Crippen molar-refractivity contribution in [2.45, 2.75) is 57.3 Å². The zero-order chi connectivity index (χ0) is 22.5. The minimum Gasteiger partial charge on any atom is -0.394 e. The molecule has 0 aromatic rings. The number of methoxy groups -OCH3 is 2. The maximum Gasteiger partial charge on any atom is 0.149 e. The summed E-state index contributed by atoms with van der Waals surface area (Å²) in [5, 5.41) is 18.3. The van der Waals surface area contributed by atoms with Gasteiger partial charge in [0, 0.05) is 33.4 Å². The summed E-state index contributed by atoms with van der Waals surface area (Å²) in [6, 6.07) is -0.457.